The topological polar surface area (TPSA) is 114 Å². The van der Waals surface area contributed by atoms with Crippen molar-refractivity contribution in [1.29, 1.82) is 21.0 Å². The molecule has 348 valence electrons. The van der Waals surface area contributed by atoms with Crippen molar-refractivity contribution in [2.45, 2.75) is 13.2 Å². The highest BCUT2D eigenvalue weighted by Crippen LogP contribution is 2.59. The van der Waals surface area contributed by atoms with Gasteiger partial charge in [0, 0.05) is 64.3 Å². The molecule has 0 unspecified atom stereocenters. The first-order chi connectivity index (χ1) is 35.4. The lowest BCUT2D eigenvalue weighted by Gasteiger charge is -2.18. The fraction of sp³-hybridized carbons (Fsp3) is 0.103. The Morgan fingerprint density at radius 2 is 0.694 bits per heavy atom. The van der Waals surface area contributed by atoms with E-state index in [1.807, 2.05) is 108 Å². The molecule has 0 atom stereocenters. The lowest BCUT2D eigenvalue weighted by molar-refractivity contribution is 0.309. The number of nitriles is 4. The largest absolute Gasteiger partial charge is 0.488 e. The van der Waals surface area contributed by atoms with Gasteiger partial charge in [-0.1, -0.05) is 144 Å². The highest BCUT2D eigenvalue weighted by Gasteiger charge is 2.28. The van der Waals surface area contributed by atoms with E-state index in [1.165, 1.54) is 21.2 Å². The van der Waals surface area contributed by atoms with E-state index in [9.17, 15) is 21.0 Å². The summed E-state index contributed by atoms with van der Waals surface area (Å²) < 4.78 is 21.5. The van der Waals surface area contributed by atoms with Crippen LogP contribution < -0.4 is 19.9 Å². The van der Waals surface area contributed by atoms with Crippen molar-refractivity contribution >= 4 is 167 Å². The zero-order chi connectivity index (χ0) is 49.6. The van der Waals surface area contributed by atoms with Crippen LogP contribution in [0.2, 0.25) is 0 Å². The fourth-order valence-corrected chi connectivity index (χ4v) is 19.8. The summed E-state index contributed by atoms with van der Waals surface area (Å²) in [6, 6.07) is 49.5. The van der Waals surface area contributed by atoms with E-state index in [2.05, 4.69) is 85.7 Å². The zero-order valence-corrected chi connectivity index (χ0v) is 45.4. The van der Waals surface area contributed by atoms with Crippen molar-refractivity contribution in [3.05, 3.63) is 182 Å². The van der Waals surface area contributed by atoms with Gasteiger partial charge >= 0.3 is 0 Å². The number of rotatable bonds is 10. The number of nitrogens with zero attached hydrogens (tertiary/aromatic N) is 4. The first-order valence-corrected chi connectivity index (χ1v) is 30.5. The second-order valence-corrected chi connectivity index (χ2v) is 25.3. The molecule has 0 fully saturated rings. The Morgan fingerprint density at radius 3 is 1.04 bits per heavy atom. The van der Waals surface area contributed by atoms with Gasteiger partial charge < -0.3 is 9.47 Å². The van der Waals surface area contributed by atoms with Crippen LogP contribution in [0.1, 0.15) is 33.4 Å². The minimum atomic E-state index is 0.212. The first kappa shape index (κ1) is 48.4. The molecule has 0 aliphatic carbocycles. The van der Waals surface area contributed by atoms with E-state index >= 15 is 0 Å². The molecular formula is C58H36N4O2S8. The number of fused-ring (bicyclic) bond motifs is 6. The first-order valence-electron chi connectivity index (χ1n) is 22.3. The van der Waals surface area contributed by atoms with Gasteiger partial charge in [-0.2, -0.15) is 21.0 Å². The highest BCUT2D eigenvalue weighted by atomic mass is 32.3. The van der Waals surface area contributed by atoms with Gasteiger partial charge in [-0.25, -0.2) is 0 Å². The second kappa shape index (κ2) is 20.6. The minimum absolute atomic E-state index is 0.212. The van der Waals surface area contributed by atoms with Gasteiger partial charge in [-0.05, 0) is 71.2 Å². The molecule has 0 saturated carbocycles. The summed E-state index contributed by atoms with van der Waals surface area (Å²) in [5.41, 5.74) is 3.91. The Hall–Kier alpha value is -5.88. The predicted octanol–water partition coefficient (Wildman–Crippen LogP) is 16.0. The van der Waals surface area contributed by atoms with E-state index in [4.69, 9.17) is 9.47 Å². The van der Waals surface area contributed by atoms with Crippen LogP contribution in [0.25, 0.3) is 73.1 Å². The van der Waals surface area contributed by atoms with Crippen molar-refractivity contribution in [1.82, 2.24) is 0 Å². The van der Waals surface area contributed by atoms with E-state index < -0.39 is 0 Å². The van der Waals surface area contributed by atoms with Crippen LogP contribution in [0.5, 0.6) is 11.5 Å². The molecule has 2 heterocycles. The number of benzene rings is 9. The normalized spacial score (nSPS) is 13.7. The van der Waals surface area contributed by atoms with Gasteiger partial charge in [0.25, 0.3) is 0 Å². The fourth-order valence-electron chi connectivity index (χ4n) is 9.61. The Morgan fingerprint density at radius 1 is 0.375 bits per heavy atom. The number of thioether (sulfide) groups is 8. The Kier molecular flexibility index (Phi) is 13.8. The molecule has 9 aromatic rings. The molecule has 0 N–H and O–H groups in total. The SMILES string of the molecule is CSC1=C(SC)SC(=c2c3cccc(OCc4ccc5c(C#N)c6ccccc6c(C#N)c5c4)c3c(=C3SC(SC)=C(SC)S3)c3c(OCc4ccc5c(C#N)c6ccccc6c(C#N)c5c4)cccc23)S1. The molecule has 0 bridgehead atoms. The maximum absolute atomic E-state index is 10.5. The van der Waals surface area contributed by atoms with Crippen LogP contribution in [0.4, 0.5) is 0 Å². The summed E-state index contributed by atoms with van der Waals surface area (Å²) in [6.07, 6.45) is 8.53. The van der Waals surface area contributed by atoms with Crippen LogP contribution in [0, 0.1) is 45.3 Å². The smallest absolute Gasteiger partial charge is 0.128 e. The molecule has 6 nitrogen and oxygen atoms in total. The summed E-state index contributed by atoms with van der Waals surface area (Å²) in [7, 11) is 0. The molecule has 11 rings (SSSR count). The molecule has 2 aliphatic rings. The summed E-state index contributed by atoms with van der Waals surface area (Å²) in [5.74, 6) is 1.43. The number of hydrogen-bond acceptors (Lipinski definition) is 14. The third-order valence-corrected chi connectivity index (χ3v) is 23.2. The van der Waals surface area contributed by atoms with E-state index in [-0.39, 0.29) is 13.2 Å². The summed E-state index contributed by atoms with van der Waals surface area (Å²) in [5, 5.41) is 53.9. The van der Waals surface area contributed by atoms with Gasteiger partial charge in [0.1, 0.15) is 49.0 Å². The second-order valence-electron chi connectivity index (χ2n) is 16.4. The summed E-state index contributed by atoms with van der Waals surface area (Å²) in [4.78, 5) is 0. The van der Waals surface area contributed by atoms with Crippen LogP contribution >= 0.6 is 94.1 Å². The standard InChI is InChI=1S/C58H36N4O2S8/c1-65-55-56(66-2)70-53(69-55)49-39-15-9-17-47(63-29-31-19-21-37-41(23-31)45(27-61)35-13-7-5-11-33(35)43(37)25-59)50(39)52(54-71-57(67-3)58(68-4)72-54)51-40(49)16-10-18-48(51)64-30-32-20-22-38-42(24-32)46(28-62)36-14-8-6-12-34(36)44(38)26-60/h5-24H,29-30H2,1-4H3. The van der Waals surface area contributed by atoms with Crippen LogP contribution in [0.15, 0.2) is 138 Å². The molecule has 9 aromatic carbocycles. The van der Waals surface area contributed by atoms with Gasteiger partial charge in [0.15, 0.2) is 0 Å². The van der Waals surface area contributed by atoms with Gasteiger partial charge in [0.05, 0.1) is 47.7 Å². The molecule has 72 heavy (non-hydrogen) atoms. The average Bonchev–Trinajstić information content (AvgIpc) is 4.05. The van der Waals surface area contributed by atoms with Gasteiger partial charge in [0.2, 0.25) is 0 Å². The average molecular weight is 1080 g/mol. The van der Waals surface area contributed by atoms with Crippen molar-refractivity contribution in [3.8, 4) is 35.8 Å². The Balaban J connectivity index is 1.13. The summed E-state index contributed by atoms with van der Waals surface area (Å²) in [6.45, 7) is 0.424. The molecule has 0 spiro atoms. The summed E-state index contributed by atoms with van der Waals surface area (Å²) >= 11 is 14.2. The quantitative estimate of drug-likeness (QED) is 0.121. The van der Waals surface area contributed by atoms with E-state index in [1.54, 1.807) is 70.6 Å². The van der Waals surface area contributed by atoms with Crippen LogP contribution in [-0.4, -0.2) is 25.0 Å². The Labute approximate surface area is 449 Å². The monoisotopic (exact) mass is 1080 g/mol. The van der Waals surface area contributed by atoms with Crippen LogP contribution in [-0.2, 0) is 13.2 Å². The molecule has 0 aromatic heterocycles. The van der Waals surface area contributed by atoms with Crippen molar-refractivity contribution in [2.24, 2.45) is 0 Å². The molecular weight excluding hydrogens is 1040 g/mol. The molecule has 0 radical (unpaired) electrons. The third-order valence-electron chi connectivity index (χ3n) is 12.7. The molecule has 14 heteroatoms. The molecule has 2 aliphatic heterocycles. The molecule has 0 saturated heterocycles. The predicted molar refractivity (Wildman–Crippen MR) is 316 cm³/mol. The van der Waals surface area contributed by atoms with Gasteiger partial charge in [-0.3, -0.25) is 0 Å². The highest BCUT2D eigenvalue weighted by molar-refractivity contribution is 8.46. The molecule has 0 amide bonds. The lowest BCUT2D eigenvalue weighted by atomic mass is 9.92. The lowest BCUT2D eigenvalue weighted by Crippen LogP contribution is -2.19. The Bertz CT molecular complexity index is 3970. The minimum Gasteiger partial charge on any atom is -0.488 e. The number of ether oxygens (including phenoxy) is 2. The zero-order valence-electron chi connectivity index (χ0n) is 38.8. The maximum atomic E-state index is 10.5. The van der Waals surface area contributed by atoms with E-state index in [0.717, 1.165) is 90.4 Å². The number of hydrogen-bond donors (Lipinski definition) is 0. The van der Waals surface area contributed by atoms with Crippen molar-refractivity contribution < 1.29 is 9.47 Å². The third kappa shape index (κ3) is 8.24. The van der Waals surface area contributed by atoms with E-state index in [0.29, 0.717) is 33.8 Å². The van der Waals surface area contributed by atoms with Gasteiger partial charge in [-0.15, -0.1) is 47.0 Å². The van der Waals surface area contributed by atoms with Crippen LogP contribution in [0.3, 0.4) is 0 Å². The van der Waals surface area contributed by atoms with Crippen molar-refractivity contribution in [3.63, 3.8) is 0 Å². The van der Waals surface area contributed by atoms with Crippen molar-refractivity contribution in [2.75, 3.05) is 25.0 Å². The maximum Gasteiger partial charge on any atom is 0.128 e.